The number of ether oxygens (including phenoxy) is 3. The number of nitrogen functional groups attached to an aromatic ring is 1. The molecule has 4 aromatic carbocycles. The third kappa shape index (κ3) is 12.7. The Hall–Kier alpha value is -10.8. The summed E-state index contributed by atoms with van der Waals surface area (Å²) in [6.45, 7) is 1.82. The second-order valence-electron chi connectivity index (χ2n) is 21.0. The number of anilines is 2. The van der Waals surface area contributed by atoms with E-state index in [1.165, 1.54) is 62.7 Å². The summed E-state index contributed by atoms with van der Waals surface area (Å²) in [5.41, 5.74) is -1.72. The van der Waals surface area contributed by atoms with Crippen LogP contribution < -0.4 is 42.6 Å². The van der Waals surface area contributed by atoms with E-state index in [-0.39, 0.29) is 70.2 Å². The van der Waals surface area contributed by atoms with Gasteiger partial charge in [0.25, 0.3) is 23.3 Å². The molecule has 31 heteroatoms. The lowest BCUT2D eigenvalue weighted by Gasteiger charge is -2.42. The van der Waals surface area contributed by atoms with Crippen molar-refractivity contribution in [3.8, 4) is 17.2 Å². The van der Waals surface area contributed by atoms with Gasteiger partial charge in [0.2, 0.25) is 17.6 Å². The Bertz CT molecular complexity index is 4040. The number of phenols is 2. The predicted octanol–water partition coefficient (Wildman–Crippen LogP) is 0.627. The number of H-pyrrole nitrogens is 1. The number of aliphatic hydroxyl groups is 2. The molecule has 464 valence electrons. The van der Waals surface area contributed by atoms with Crippen LogP contribution in [0.4, 0.5) is 11.6 Å². The first-order chi connectivity index (χ1) is 42.2. The summed E-state index contributed by atoms with van der Waals surface area (Å²) >= 11 is 0. The van der Waals surface area contributed by atoms with E-state index >= 15 is 0 Å². The van der Waals surface area contributed by atoms with Crippen molar-refractivity contribution in [1.82, 2.24) is 41.2 Å². The van der Waals surface area contributed by atoms with E-state index in [0.29, 0.717) is 23.5 Å². The number of ketones is 3. The van der Waals surface area contributed by atoms with Gasteiger partial charge in [-0.1, -0.05) is 12.1 Å². The van der Waals surface area contributed by atoms with Gasteiger partial charge in [0, 0.05) is 66.7 Å². The number of carboxylic acids is 3. The molecule has 0 spiro atoms. The molecule has 1 aliphatic heterocycles. The first kappa shape index (κ1) is 62.8. The SMILES string of the molecule is COc1cccc2c1C(=O)c1c(O)c3c(c(O)c1C2=O)C[C@@](O)(C(C)=O)C[C@@H]3O[C@H]1CC(NC(=O)c2cc(C(=O)NCCNC(=O)CC[C@H](NC(=O)c3ccc(NCc4cnc5nc(N)[nH]c(=O)c5n4)cc3)C(=O)O)c(C(=O)O)cc2C(=O)O)[C@@H](O)C(C)O1. The first-order valence-corrected chi connectivity index (χ1v) is 27.2. The summed E-state index contributed by atoms with van der Waals surface area (Å²) in [5.74, 6) is -13.3. The van der Waals surface area contributed by atoms with E-state index in [4.69, 9.17) is 19.9 Å². The molecule has 89 heavy (non-hydrogen) atoms. The van der Waals surface area contributed by atoms with Crippen molar-refractivity contribution in [3.05, 3.63) is 138 Å². The van der Waals surface area contributed by atoms with Crippen LogP contribution in [0.15, 0.2) is 65.6 Å². The Balaban J connectivity index is 0.822. The molecule has 9 rings (SSSR count). The third-order valence-corrected chi connectivity index (χ3v) is 15.3. The number of Topliss-reactive ketones (excluding diaryl/α,β-unsaturated/α-hetero) is 1. The highest BCUT2D eigenvalue weighted by Crippen LogP contribution is 2.52. The van der Waals surface area contributed by atoms with Crippen molar-refractivity contribution < 1.29 is 97.9 Å². The van der Waals surface area contributed by atoms with E-state index < -0.39 is 184 Å². The van der Waals surface area contributed by atoms with Gasteiger partial charge in [-0.2, -0.15) is 4.98 Å². The monoisotopic (exact) mass is 1230 g/mol. The van der Waals surface area contributed by atoms with Gasteiger partial charge in [-0.15, -0.1) is 0 Å². The Morgan fingerprint density at radius 3 is 2.17 bits per heavy atom. The number of aromatic nitrogens is 4. The number of nitrogens with zero attached hydrogens (tertiary/aromatic N) is 3. The lowest BCUT2D eigenvalue weighted by Crippen LogP contribution is -2.56. The Morgan fingerprint density at radius 2 is 1.51 bits per heavy atom. The molecule has 4 amide bonds. The topological polar surface area (TPSA) is 498 Å². The fourth-order valence-corrected chi connectivity index (χ4v) is 10.7. The molecular formula is C58H56N10O21. The van der Waals surface area contributed by atoms with E-state index in [2.05, 4.69) is 46.5 Å². The Labute approximate surface area is 500 Å². The van der Waals surface area contributed by atoms with Crippen LogP contribution in [0.2, 0.25) is 0 Å². The summed E-state index contributed by atoms with van der Waals surface area (Å²) in [5, 5.41) is 89.4. The zero-order valence-corrected chi connectivity index (χ0v) is 47.2. The quantitative estimate of drug-likeness (QED) is 0.0346. The molecular weight excluding hydrogens is 1170 g/mol. The molecule has 0 radical (unpaired) electrons. The molecule has 2 aromatic heterocycles. The van der Waals surface area contributed by atoms with Gasteiger partial charge in [-0.05, 0) is 62.7 Å². The number of amides is 4. The Kier molecular flexibility index (Phi) is 17.8. The minimum atomic E-state index is -2.30. The molecule has 2 unspecified atom stereocenters. The van der Waals surface area contributed by atoms with E-state index in [1.54, 1.807) is 0 Å². The summed E-state index contributed by atoms with van der Waals surface area (Å²) < 4.78 is 17.5. The van der Waals surface area contributed by atoms with Gasteiger partial charge in [0.15, 0.2) is 29.0 Å². The van der Waals surface area contributed by atoms with Crippen LogP contribution in [0.5, 0.6) is 17.2 Å². The number of methoxy groups -OCH3 is 1. The number of rotatable bonds is 21. The van der Waals surface area contributed by atoms with Gasteiger partial charge in [-0.3, -0.25) is 43.3 Å². The molecule has 7 atom stereocenters. The molecule has 0 bridgehead atoms. The fraction of sp³-hybridized carbons (Fsp3) is 0.310. The fourth-order valence-electron chi connectivity index (χ4n) is 10.7. The van der Waals surface area contributed by atoms with Gasteiger partial charge in [0.1, 0.15) is 35.0 Å². The number of carbonyl (C=O) groups excluding carboxylic acids is 7. The highest BCUT2D eigenvalue weighted by atomic mass is 16.7. The smallest absolute Gasteiger partial charge is 0.336 e. The average Bonchev–Trinajstić information content (AvgIpc) is 1.44. The van der Waals surface area contributed by atoms with Crippen LogP contribution in [0.1, 0.15) is 146 Å². The van der Waals surface area contributed by atoms with Crippen LogP contribution in [0.3, 0.4) is 0 Å². The number of fused-ring (bicyclic) bond motifs is 4. The third-order valence-electron chi connectivity index (χ3n) is 15.3. The lowest BCUT2D eigenvalue weighted by molar-refractivity contribution is -0.248. The molecule has 31 nitrogen and oxygen atoms in total. The number of nitrogens with two attached hydrogens (primary N) is 1. The molecule has 3 aliphatic rings. The zero-order chi connectivity index (χ0) is 64.5. The van der Waals surface area contributed by atoms with Gasteiger partial charge < -0.3 is 82.3 Å². The number of hydrogen-bond donors (Lipinski definition) is 14. The van der Waals surface area contributed by atoms with Crippen molar-refractivity contribution in [1.29, 1.82) is 0 Å². The number of aromatic amines is 1. The number of benzene rings is 4. The second kappa shape index (κ2) is 25.3. The number of carboxylic acid groups (broad SMARTS) is 3. The highest BCUT2D eigenvalue weighted by Gasteiger charge is 2.50. The standard InChI is InChI=1S/C58H56N10O21/c1-22-44(71)34(17-38(88-22)89-36-19-58(86,23(2)69)18-32-40(36)48(75)42-41(46(32)73)45(72)27-5-4-6-35(87-3)39(27)47(42)74)66-52(78)29-15-28(30(54(80)81)16-31(29)55(82)83)51(77)61-14-13-60-37(70)12-11-33(56(84)85)65-50(76)24-7-9-25(10-8-24)62-20-26-21-63-49-43(64-26)53(79)68-57(59)67-49/h4-10,15-16,21-22,33-34,36,38,44,62,71,73,75,86H,11-14,17-20H2,1-3H3,(H,60,70)(H,61,77)(H,65,76)(H,66,78)(H,80,81)(H,82,83)(H,84,85)(H3,59,63,67,68,79)/t22?,33-,34?,36-,38-,44-,58-/m0/s1. The molecule has 1 saturated heterocycles. The number of hydrogen-bond acceptors (Lipinski definition) is 23. The Morgan fingerprint density at radius 1 is 0.843 bits per heavy atom. The minimum Gasteiger partial charge on any atom is -0.507 e. The summed E-state index contributed by atoms with van der Waals surface area (Å²) in [7, 11) is 1.25. The molecule has 0 saturated carbocycles. The van der Waals surface area contributed by atoms with Crippen molar-refractivity contribution in [2.75, 3.05) is 31.2 Å². The highest BCUT2D eigenvalue weighted by molar-refractivity contribution is 6.31. The number of carbonyl (C=O) groups is 10. The van der Waals surface area contributed by atoms with Crippen molar-refractivity contribution in [3.63, 3.8) is 0 Å². The maximum Gasteiger partial charge on any atom is 0.336 e. The van der Waals surface area contributed by atoms with Gasteiger partial charge >= 0.3 is 17.9 Å². The van der Waals surface area contributed by atoms with Gasteiger partial charge in [0.05, 0.1) is 82.7 Å². The number of nitrogens with one attached hydrogen (secondary N) is 6. The molecule has 3 heterocycles. The first-order valence-electron chi connectivity index (χ1n) is 27.2. The number of aromatic hydroxyl groups is 2. The molecule has 15 N–H and O–H groups in total. The van der Waals surface area contributed by atoms with Crippen molar-refractivity contribution in [2.24, 2.45) is 0 Å². The van der Waals surface area contributed by atoms with Crippen LogP contribution >= 0.6 is 0 Å². The van der Waals surface area contributed by atoms with Crippen molar-refractivity contribution >= 4 is 81.7 Å². The second-order valence-corrected chi connectivity index (χ2v) is 21.0. The van der Waals surface area contributed by atoms with Crippen LogP contribution in [-0.4, -0.2) is 171 Å². The number of phenolic OH excluding ortho intramolecular Hbond substituents is 2. The van der Waals surface area contributed by atoms with E-state index in [1.807, 2.05) is 0 Å². The average molecular weight is 1230 g/mol. The van der Waals surface area contributed by atoms with Gasteiger partial charge in [-0.25, -0.2) is 24.4 Å². The van der Waals surface area contributed by atoms with Crippen LogP contribution in [0, 0.1) is 0 Å². The number of aliphatic hydroxyl groups excluding tert-OH is 1. The molecule has 1 fully saturated rings. The lowest BCUT2D eigenvalue weighted by atomic mass is 9.72. The largest absolute Gasteiger partial charge is 0.507 e. The normalized spacial score (nSPS) is 19.5. The van der Waals surface area contributed by atoms with Crippen LogP contribution in [-0.2, 0) is 36.8 Å². The summed E-state index contributed by atoms with van der Waals surface area (Å²) in [4.78, 5) is 159. The van der Waals surface area contributed by atoms with Crippen molar-refractivity contribution in [2.45, 2.75) is 94.8 Å². The number of aromatic carboxylic acids is 2. The van der Waals surface area contributed by atoms with Crippen LogP contribution in [0.25, 0.3) is 11.2 Å². The number of aliphatic carboxylic acids is 1. The minimum absolute atomic E-state index is 0.0172. The van der Waals surface area contributed by atoms with E-state index in [0.717, 1.165) is 6.92 Å². The predicted molar refractivity (Wildman–Crippen MR) is 304 cm³/mol. The zero-order valence-electron chi connectivity index (χ0n) is 47.2. The summed E-state index contributed by atoms with van der Waals surface area (Å²) in [6, 6.07) is 8.34. The maximum absolute atomic E-state index is 14.1. The molecule has 2 aliphatic carbocycles. The maximum atomic E-state index is 14.1. The summed E-state index contributed by atoms with van der Waals surface area (Å²) in [6.07, 6.45) is -7.12. The van der Waals surface area contributed by atoms with E-state index in [9.17, 15) is 88.5 Å². The molecule has 6 aromatic rings.